The topological polar surface area (TPSA) is 35.5 Å². The van der Waals surface area contributed by atoms with E-state index in [1.54, 1.807) is 25.3 Å². The number of halogens is 1. The number of carbonyl (C=O) groups excluding carboxylic acids is 1. The van der Waals surface area contributed by atoms with Crippen molar-refractivity contribution in [1.29, 1.82) is 0 Å². The van der Waals surface area contributed by atoms with E-state index in [1.165, 1.54) is 0 Å². The van der Waals surface area contributed by atoms with Crippen molar-refractivity contribution >= 4 is 17.9 Å². The molecular formula is C17H17ClO3. The largest absolute Gasteiger partial charge is 0.496 e. The van der Waals surface area contributed by atoms with Crippen molar-refractivity contribution in [3.8, 4) is 11.5 Å². The Hall–Kier alpha value is -2.00. The minimum Gasteiger partial charge on any atom is -0.496 e. The molecule has 0 saturated carbocycles. The quantitative estimate of drug-likeness (QED) is 0.770. The van der Waals surface area contributed by atoms with Crippen LogP contribution in [0.2, 0.25) is 5.02 Å². The second kappa shape index (κ2) is 6.64. The molecule has 0 fully saturated rings. The molecule has 0 spiro atoms. The van der Waals surface area contributed by atoms with Gasteiger partial charge in [-0.1, -0.05) is 11.6 Å². The van der Waals surface area contributed by atoms with Crippen LogP contribution in [-0.2, 0) is 6.61 Å². The molecule has 0 radical (unpaired) electrons. The zero-order chi connectivity index (χ0) is 15.4. The number of ether oxygens (including phenoxy) is 2. The lowest BCUT2D eigenvalue weighted by Gasteiger charge is -2.14. The van der Waals surface area contributed by atoms with E-state index in [9.17, 15) is 4.79 Å². The molecule has 0 unspecified atom stereocenters. The summed E-state index contributed by atoms with van der Waals surface area (Å²) in [6, 6.07) is 8.98. The Morgan fingerprint density at radius 3 is 2.38 bits per heavy atom. The third-order valence-corrected chi connectivity index (χ3v) is 3.46. The van der Waals surface area contributed by atoms with Crippen molar-refractivity contribution in [2.45, 2.75) is 20.5 Å². The van der Waals surface area contributed by atoms with Crippen LogP contribution in [0.3, 0.4) is 0 Å². The molecule has 0 aliphatic carbocycles. The Kier molecular flexibility index (Phi) is 4.86. The van der Waals surface area contributed by atoms with E-state index in [2.05, 4.69) is 0 Å². The van der Waals surface area contributed by atoms with Crippen LogP contribution in [0.1, 0.15) is 27.0 Å². The van der Waals surface area contributed by atoms with E-state index >= 15 is 0 Å². The van der Waals surface area contributed by atoms with Gasteiger partial charge in [0.1, 0.15) is 24.4 Å². The summed E-state index contributed by atoms with van der Waals surface area (Å²) in [5.41, 5.74) is 3.38. The van der Waals surface area contributed by atoms with Gasteiger partial charge in [0.05, 0.1) is 7.11 Å². The molecule has 0 aliphatic heterocycles. The lowest BCUT2D eigenvalue weighted by Crippen LogP contribution is -2.02. The van der Waals surface area contributed by atoms with E-state index < -0.39 is 0 Å². The van der Waals surface area contributed by atoms with Crippen molar-refractivity contribution in [3.63, 3.8) is 0 Å². The highest BCUT2D eigenvalue weighted by Gasteiger charge is 2.09. The number of methoxy groups -OCH3 is 1. The third kappa shape index (κ3) is 3.56. The Morgan fingerprint density at radius 2 is 1.81 bits per heavy atom. The molecule has 0 atom stereocenters. The molecule has 2 aromatic carbocycles. The molecular weight excluding hydrogens is 288 g/mol. The Balaban J connectivity index is 2.26. The van der Waals surface area contributed by atoms with Crippen LogP contribution in [0.5, 0.6) is 11.5 Å². The minimum atomic E-state index is 0.328. The van der Waals surface area contributed by atoms with Crippen molar-refractivity contribution in [2.24, 2.45) is 0 Å². The van der Waals surface area contributed by atoms with Crippen LogP contribution in [0.4, 0.5) is 0 Å². The first-order valence-electron chi connectivity index (χ1n) is 6.56. The van der Waals surface area contributed by atoms with Crippen molar-refractivity contribution in [1.82, 2.24) is 0 Å². The number of aldehydes is 1. The van der Waals surface area contributed by atoms with E-state index in [0.717, 1.165) is 28.7 Å². The van der Waals surface area contributed by atoms with E-state index in [-0.39, 0.29) is 0 Å². The van der Waals surface area contributed by atoms with Gasteiger partial charge in [-0.05, 0) is 55.3 Å². The van der Waals surface area contributed by atoms with Gasteiger partial charge in [0.2, 0.25) is 0 Å². The fraction of sp³-hybridized carbons (Fsp3) is 0.235. The minimum absolute atomic E-state index is 0.328. The third-order valence-electron chi connectivity index (χ3n) is 3.24. The van der Waals surface area contributed by atoms with Gasteiger partial charge < -0.3 is 9.47 Å². The maximum Gasteiger partial charge on any atom is 0.150 e. The second-order valence-corrected chi connectivity index (χ2v) is 5.28. The van der Waals surface area contributed by atoms with Crippen LogP contribution in [0, 0.1) is 13.8 Å². The summed E-state index contributed by atoms with van der Waals surface area (Å²) >= 11 is 6.01. The van der Waals surface area contributed by atoms with Crippen molar-refractivity contribution < 1.29 is 14.3 Å². The molecule has 0 saturated heterocycles. The number of aryl methyl sites for hydroxylation is 2. The Morgan fingerprint density at radius 1 is 1.14 bits per heavy atom. The van der Waals surface area contributed by atoms with Crippen LogP contribution in [0.15, 0.2) is 30.3 Å². The van der Waals surface area contributed by atoms with Gasteiger partial charge in [-0.15, -0.1) is 0 Å². The maximum absolute atomic E-state index is 10.9. The Labute approximate surface area is 129 Å². The molecule has 0 bridgehead atoms. The monoisotopic (exact) mass is 304 g/mol. The highest BCUT2D eigenvalue weighted by atomic mass is 35.5. The summed E-state index contributed by atoms with van der Waals surface area (Å²) in [5, 5.41) is 0.692. The van der Waals surface area contributed by atoms with E-state index in [0.29, 0.717) is 22.9 Å². The molecule has 21 heavy (non-hydrogen) atoms. The molecule has 0 aromatic heterocycles. The van der Waals surface area contributed by atoms with Crippen LogP contribution in [0.25, 0.3) is 0 Å². The molecule has 0 amide bonds. The number of carbonyl (C=O) groups is 1. The predicted octanol–water partition coefficient (Wildman–Crippen LogP) is 4.36. The Bertz CT molecular complexity index is 642. The SMILES string of the molecule is COc1ccc(C=O)cc1COc1c(C)cc(Cl)cc1C. The summed E-state index contributed by atoms with van der Waals surface area (Å²) in [5.74, 6) is 1.50. The molecule has 0 heterocycles. The molecule has 0 N–H and O–H groups in total. The highest BCUT2D eigenvalue weighted by molar-refractivity contribution is 6.30. The molecule has 110 valence electrons. The van der Waals surface area contributed by atoms with Crippen LogP contribution >= 0.6 is 11.6 Å². The summed E-state index contributed by atoms with van der Waals surface area (Å²) in [7, 11) is 1.60. The smallest absolute Gasteiger partial charge is 0.150 e. The second-order valence-electron chi connectivity index (χ2n) is 4.85. The van der Waals surface area contributed by atoms with Crippen molar-refractivity contribution in [3.05, 3.63) is 57.6 Å². The first kappa shape index (κ1) is 15.4. The highest BCUT2D eigenvalue weighted by Crippen LogP contribution is 2.29. The van der Waals surface area contributed by atoms with Crippen LogP contribution < -0.4 is 9.47 Å². The molecule has 2 aromatic rings. The maximum atomic E-state index is 10.9. The fourth-order valence-corrected chi connectivity index (χ4v) is 2.59. The summed E-state index contributed by atoms with van der Waals surface area (Å²) in [6.45, 7) is 4.23. The average Bonchev–Trinajstić information content (AvgIpc) is 2.45. The molecule has 3 nitrogen and oxygen atoms in total. The van der Waals surface area contributed by atoms with E-state index in [4.69, 9.17) is 21.1 Å². The van der Waals surface area contributed by atoms with Gasteiger partial charge in [0, 0.05) is 16.1 Å². The lowest BCUT2D eigenvalue weighted by molar-refractivity contribution is 0.112. The van der Waals surface area contributed by atoms with Crippen LogP contribution in [-0.4, -0.2) is 13.4 Å². The molecule has 2 rings (SSSR count). The van der Waals surface area contributed by atoms with Gasteiger partial charge >= 0.3 is 0 Å². The number of benzene rings is 2. The summed E-state index contributed by atoms with van der Waals surface area (Å²) in [4.78, 5) is 10.9. The molecule has 4 heteroatoms. The zero-order valence-corrected chi connectivity index (χ0v) is 13.0. The van der Waals surface area contributed by atoms with Gasteiger partial charge in [-0.25, -0.2) is 0 Å². The number of hydrogen-bond donors (Lipinski definition) is 0. The van der Waals surface area contributed by atoms with E-state index in [1.807, 2.05) is 26.0 Å². The fourth-order valence-electron chi connectivity index (χ4n) is 2.26. The van der Waals surface area contributed by atoms with Crippen molar-refractivity contribution in [2.75, 3.05) is 7.11 Å². The molecule has 0 aliphatic rings. The standard InChI is InChI=1S/C17H17ClO3/c1-11-6-15(18)7-12(2)17(11)21-10-14-8-13(9-19)4-5-16(14)20-3/h4-9H,10H2,1-3H3. The normalized spacial score (nSPS) is 10.3. The average molecular weight is 305 g/mol. The summed E-state index contributed by atoms with van der Waals surface area (Å²) < 4.78 is 11.2. The first-order valence-corrected chi connectivity index (χ1v) is 6.94. The summed E-state index contributed by atoms with van der Waals surface area (Å²) in [6.07, 6.45) is 0.807. The predicted molar refractivity (Wildman–Crippen MR) is 83.6 cm³/mol. The zero-order valence-electron chi connectivity index (χ0n) is 12.3. The van der Waals surface area contributed by atoms with Gasteiger partial charge in [-0.3, -0.25) is 4.79 Å². The first-order chi connectivity index (χ1) is 10.0. The van der Waals surface area contributed by atoms with Gasteiger partial charge in [0.25, 0.3) is 0 Å². The number of hydrogen-bond acceptors (Lipinski definition) is 3. The van der Waals surface area contributed by atoms with Gasteiger partial charge in [0.15, 0.2) is 0 Å². The number of rotatable bonds is 5. The van der Waals surface area contributed by atoms with Gasteiger partial charge in [-0.2, -0.15) is 0 Å². The lowest BCUT2D eigenvalue weighted by atomic mass is 10.1.